The van der Waals surface area contributed by atoms with E-state index >= 15 is 0 Å². The van der Waals surface area contributed by atoms with Crippen molar-refractivity contribution in [2.75, 3.05) is 5.32 Å². The standard InChI is InChI=1S/C21H31NO5S/c1-12(2)26-20(24)17-14(5)18(21(25)27-13(3)4)28-19(17)22-16(23)11-10-15-8-6-7-9-15/h12-13,15H,6-11H2,1-5H3,(H,22,23). The fourth-order valence-electron chi connectivity index (χ4n) is 3.41. The zero-order valence-corrected chi connectivity index (χ0v) is 18.2. The maximum absolute atomic E-state index is 12.6. The van der Waals surface area contributed by atoms with Crippen molar-refractivity contribution in [1.29, 1.82) is 0 Å². The van der Waals surface area contributed by atoms with Crippen molar-refractivity contribution in [3.8, 4) is 0 Å². The molecule has 0 aromatic carbocycles. The molecule has 0 radical (unpaired) electrons. The van der Waals surface area contributed by atoms with Gasteiger partial charge in [-0.1, -0.05) is 25.7 Å². The molecule has 1 N–H and O–H groups in total. The third kappa shape index (κ3) is 6.06. The second kappa shape index (κ2) is 10.0. The third-order valence-electron chi connectivity index (χ3n) is 4.73. The van der Waals surface area contributed by atoms with Gasteiger partial charge in [-0.05, 0) is 52.5 Å². The Labute approximate surface area is 171 Å². The summed E-state index contributed by atoms with van der Waals surface area (Å²) in [6, 6.07) is 0. The molecule has 0 spiro atoms. The van der Waals surface area contributed by atoms with E-state index in [1.165, 1.54) is 25.7 Å². The van der Waals surface area contributed by atoms with E-state index in [9.17, 15) is 14.4 Å². The Morgan fingerprint density at radius 2 is 1.61 bits per heavy atom. The Bertz CT molecular complexity index is 717. The van der Waals surface area contributed by atoms with E-state index in [1.54, 1.807) is 34.6 Å². The minimum atomic E-state index is -0.543. The van der Waals surface area contributed by atoms with Crippen LogP contribution in [0.5, 0.6) is 0 Å². The number of nitrogens with one attached hydrogen (secondary N) is 1. The summed E-state index contributed by atoms with van der Waals surface area (Å²) in [7, 11) is 0. The van der Waals surface area contributed by atoms with Crippen LogP contribution in [0.4, 0.5) is 5.00 Å². The number of hydrogen-bond donors (Lipinski definition) is 1. The number of esters is 2. The molecular weight excluding hydrogens is 378 g/mol. The molecule has 1 saturated carbocycles. The molecule has 1 fully saturated rings. The van der Waals surface area contributed by atoms with E-state index < -0.39 is 11.9 Å². The van der Waals surface area contributed by atoms with Gasteiger partial charge in [0.05, 0.1) is 17.8 Å². The lowest BCUT2D eigenvalue weighted by molar-refractivity contribution is -0.116. The maximum Gasteiger partial charge on any atom is 0.348 e. The first kappa shape index (κ1) is 22.4. The molecule has 6 nitrogen and oxygen atoms in total. The van der Waals surface area contributed by atoms with Gasteiger partial charge in [0.1, 0.15) is 9.88 Å². The fourth-order valence-corrected chi connectivity index (χ4v) is 4.50. The van der Waals surface area contributed by atoms with E-state index in [2.05, 4.69) is 5.32 Å². The highest BCUT2D eigenvalue weighted by Crippen LogP contribution is 2.35. The van der Waals surface area contributed by atoms with Crippen LogP contribution >= 0.6 is 11.3 Å². The van der Waals surface area contributed by atoms with Gasteiger partial charge in [0.2, 0.25) is 5.91 Å². The average molecular weight is 410 g/mol. The van der Waals surface area contributed by atoms with Crippen LogP contribution in [0.1, 0.15) is 91.8 Å². The number of carbonyl (C=O) groups excluding carboxylic acids is 3. The van der Waals surface area contributed by atoms with Crippen molar-refractivity contribution in [3.63, 3.8) is 0 Å². The van der Waals surface area contributed by atoms with Crippen LogP contribution < -0.4 is 5.32 Å². The van der Waals surface area contributed by atoms with Gasteiger partial charge in [-0.3, -0.25) is 4.79 Å². The average Bonchev–Trinajstić information content (AvgIpc) is 3.19. The highest BCUT2D eigenvalue weighted by Gasteiger charge is 2.28. The van der Waals surface area contributed by atoms with E-state index in [4.69, 9.17) is 9.47 Å². The number of thiophene rings is 1. The minimum Gasteiger partial charge on any atom is -0.459 e. The van der Waals surface area contributed by atoms with Crippen molar-refractivity contribution in [1.82, 2.24) is 0 Å². The van der Waals surface area contributed by atoms with E-state index in [0.717, 1.165) is 17.8 Å². The summed E-state index contributed by atoms with van der Waals surface area (Å²) in [6.45, 7) is 8.72. The second-order valence-corrected chi connectivity index (χ2v) is 8.93. The number of carbonyl (C=O) groups is 3. The van der Waals surface area contributed by atoms with Crippen molar-refractivity contribution in [3.05, 3.63) is 16.0 Å². The topological polar surface area (TPSA) is 81.7 Å². The van der Waals surface area contributed by atoms with Gasteiger partial charge in [-0.15, -0.1) is 11.3 Å². The SMILES string of the molecule is Cc1c(C(=O)OC(C)C)sc(NC(=O)CCC2CCCC2)c1C(=O)OC(C)C. The molecule has 28 heavy (non-hydrogen) atoms. The van der Waals surface area contributed by atoms with Crippen molar-refractivity contribution in [2.45, 2.75) is 85.4 Å². The molecule has 0 atom stereocenters. The molecule has 7 heteroatoms. The highest BCUT2D eigenvalue weighted by molar-refractivity contribution is 7.18. The zero-order chi connectivity index (χ0) is 20.8. The number of amides is 1. The molecule has 156 valence electrons. The summed E-state index contributed by atoms with van der Waals surface area (Å²) < 4.78 is 10.6. The summed E-state index contributed by atoms with van der Waals surface area (Å²) in [4.78, 5) is 37.8. The number of anilines is 1. The second-order valence-electron chi connectivity index (χ2n) is 7.91. The molecule has 0 bridgehead atoms. The van der Waals surface area contributed by atoms with Crippen molar-refractivity contribution < 1.29 is 23.9 Å². The molecule has 0 saturated heterocycles. The smallest absolute Gasteiger partial charge is 0.348 e. The lowest BCUT2D eigenvalue weighted by Gasteiger charge is -2.11. The summed E-state index contributed by atoms with van der Waals surface area (Å²) in [6.07, 6.45) is 5.53. The van der Waals surface area contributed by atoms with E-state index in [-0.39, 0.29) is 23.7 Å². The Morgan fingerprint density at radius 3 is 2.18 bits per heavy atom. The summed E-state index contributed by atoms with van der Waals surface area (Å²) in [5.74, 6) is -0.575. The van der Waals surface area contributed by atoms with Crippen LogP contribution in [-0.2, 0) is 14.3 Å². The van der Waals surface area contributed by atoms with Crippen LogP contribution in [-0.4, -0.2) is 30.1 Å². The number of hydrogen-bond acceptors (Lipinski definition) is 6. The first-order valence-electron chi connectivity index (χ1n) is 10.0. The predicted octanol–water partition coefficient (Wildman–Crippen LogP) is 5.10. The molecule has 1 aliphatic carbocycles. The monoisotopic (exact) mass is 409 g/mol. The first-order valence-corrected chi connectivity index (χ1v) is 10.9. The van der Waals surface area contributed by atoms with Gasteiger partial charge in [-0.2, -0.15) is 0 Å². The Balaban J connectivity index is 2.20. The van der Waals surface area contributed by atoms with Gasteiger partial charge < -0.3 is 14.8 Å². The molecule has 1 aromatic heterocycles. The van der Waals surface area contributed by atoms with Crippen LogP contribution in [0.2, 0.25) is 0 Å². The lowest BCUT2D eigenvalue weighted by Crippen LogP contribution is -2.17. The Morgan fingerprint density at radius 1 is 1.04 bits per heavy atom. The molecule has 2 rings (SSSR count). The van der Waals surface area contributed by atoms with Crippen molar-refractivity contribution >= 4 is 34.2 Å². The zero-order valence-electron chi connectivity index (χ0n) is 17.4. The highest BCUT2D eigenvalue weighted by atomic mass is 32.1. The molecule has 0 unspecified atom stereocenters. The van der Waals surface area contributed by atoms with Crippen LogP contribution in [0, 0.1) is 12.8 Å². The van der Waals surface area contributed by atoms with Crippen LogP contribution in [0.15, 0.2) is 0 Å². The van der Waals surface area contributed by atoms with E-state index in [1.807, 2.05) is 0 Å². The molecule has 1 aliphatic rings. The van der Waals surface area contributed by atoms with Gasteiger partial charge in [0.25, 0.3) is 0 Å². The molecule has 1 amide bonds. The summed E-state index contributed by atoms with van der Waals surface area (Å²) in [5.41, 5.74) is 0.719. The Kier molecular flexibility index (Phi) is 8.04. The largest absolute Gasteiger partial charge is 0.459 e. The maximum atomic E-state index is 12.6. The predicted molar refractivity (Wildman–Crippen MR) is 110 cm³/mol. The fraction of sp³-hybridized carbons (Fsp3) is 0.667. The number of ether oxygens (including phenoxy) is 2. The number of rotatable bonds is 8. The quantitative estimate of drug-likeness (QED) is 0.604. The minimum absolute atomic E-state index is 0.143. The van der Waals surface area contributed by atoms with Gasteiger partial charge in [0, 0.05) is 6.42 Å². The Hall–Kier alpha value is -1.89. The lowest BCUT2D eigenvalue weighted by atomic mass is 10.0. The molecule has 1 aromatic rings. The van der Waals surface area contributed by atoms with Crippen LogP contribution in [0.3, 0.4) is 0 Å². The molecule has 1 heterocycles. The molecule has 0 aliphatic heterocycles. The van der Waals surface area contributed by atoms with E-state index in [0.29, 0.717) is 27.8 Å². The first-order chi connectivity index (χ1) is 13.2. The van der Waals surface area contributed by atoms with Gasteiger partial charge >= 0.3 is 11.9 Å². The third-order valence-corrected chi connectivity index (χ3v) is 5.92. The van der Waals surface area contributed by atoms with Crippen molar-refractivity contribution in [2.24, 2.45) is 5.92 Å². The summed E-state index contributed by atoms with van der Waals surface area (Å²) in [5, 5.41) is 3.19. The summed E-state index contributed by atoms with van der Waals surface area (Å²) >= 11 is 1.07. The normalized spacial score (nSPS) is 14.5. The van der Waals surface area contributed by atoms with Crippen LogP contribution in [0.25, 0.3) is 0 Å². The molecular formula is C21H31NO5S. The van der Waals surface area contributed by atoms with Gasteiger partial charge in [0.15, 0.2) is 0 Å². The van der Waals surface area contributed by atoms with Gasteiger partial charge in [-0.25, -0.2) is 9.59 Å².